The maximum atomic E-state index is 14.0. The number of methoxy groups -OCH3 is 2. The van der Waals surface area contributed by atoms with Gasteiger partial charge in [-0.2, -0.15) is 0 Å². The Hall–Kier alpha value is -2.83. The predicted molar refractivity (Wildman–Crippen MR) is 158 cm³/mol. The second-order valence-electron chi connectivity index (χ2n) is 10.8. The summed E-state index contributed by atoms with van der Waals surface area (Å²) in [4.78, 5) is 53.3. The largest absolute Gasteiger partial charge is 0.502 e. The Bertz CT molecular complexity index is 1540. The van der Waals surface area contributed by atoms with Crippen molar-refractivity contribution in [1.82, 2.24) is 4.90 Å². The smallest absolute Gasteiger partial charge is 0.253 e. The van der Waals surface area contributed by atoms with E-state index in [-0.39, 0.29) is 41.9 Å². The third-order valence-corrected chi connectivity index (χ3v) is 11.1. The van der Waals surface area contributed by atoms with Gasteiger partial charge in [0, 0.05) is 16.5 Å². The standard InChI is InChI=1S/C29H25Cl2IN2O7/c1-33-26(38)28(30)12-18-16(8-9-17-21(18)25(37)34(24(17)36)15-6-4-14(32)5-7-15)22(29(28,31)27(33)39)13-10-19(40-2)23(35)20(11-13)41-3/h4-8,10-11,17-18,21-22,35H,9,12H2,1-3H3/t17-,18+,21-,22-,28+,29-/m0/s1. The van der Waals surface area contributed by atoms with Gasteiger partial charge in [-0.05, 0) is 83.3 Å². The van der Waals surface area contributed by atoms with Crippen molar-refractivity contribution in [3.05, 3.63) is 57.2 Å². The zero-order chi connectivity index (χ0) is 29.6. The molecule has 0 bridgehead atoms. The van der Waals surface area contributed by atoms with Gasteiger partial charge < -0.3 is 14.6 Å². The van der Waals surface area contributed by atoms with Crippen LogP contribution in [0.4, 0.5) is 5.69 Å². The number of carbonyl (C=O) groups is 4. The first-order valence-electron chi connectivity index (χ1n) is 12.9. The van der Waals surface area contributed by atoms with E-state index in [1.54, 1.807) is 12.1 Å². The lowest BCUT2D eigenvalue weighted by molar-refractivity contribution is -0.138. The van der Waals surface area contributed by atoms with Crippen molar-refractivity contribution in [2.24, 2.45) is 17.8 Å². The first kappa shape index (κ1) is 28.3. The molecule has 2 aromatic carbocycles. The van der Waals surface area contributed by atoms with Crippen LogP contribution in [0.3, 0.4) is 0 Å². The summed E-state index contributed by atoms with van der Waals surface area (Å²) in [6, 6.07) is 10.1. The molecule has 2 aliphatic heterocycles. The average Bonchev–Trinajstić information content (AvgIpc) is 3.28. The number of alkyl halides is 2. The van der Waals surface area contributed by atoms with Crippen LogP contribution in [0.5, 0.6) is 17.2 Å². The highest BCUT2D eigenvalue weighted by Gasteiger charge is 2.76. The molecule has 3 fully saturated rings. The fourth-order valence-electron chi connectivity index (χ4n) is 7.04. The monoisotopic (exact) mass is 710 g/mol. The third kappa shape index (κ3) is 3.65. The summed E-state index contributed by atoms with van der Waals surface area (Å²) >= 11 is 16.6. The summed E-state index contributed by atoms with van der Waals surface area (Å²) in [6.07, 6.45) is 1.98. The van der Waals surface area contributed by atoms with Crippen LogP contribution in [0.2, 0.25) is 0 Å². The topological polar surface area (TPSA) is 113 Å². The van der Waals surface area contributed by atoms with Gasteiger partial charge in [-0.15, -0.1) is 23.2 Å². The number of rotatable bonds is 4. The van der Waals surface area contributed by atoms with E-state index in [0.717, 1.165) is 8.47 Å². The molecule has 4 amide bonds. The number of allylic oxidation sites excluding steroid dienone is 2. The van der Waals surface area contributed by atoms with Crippen molar-refractivity contribution < 1.29 is 33.8 Å². The molecule has 2 aromatic rings. The Morgan fingerprint density at radius 1 is 0.951 bits per heavy atom. The summed E-state index contributed by atoms with van der Waals surface area (Å²) in [7, 11) is 4.07. The summed E-state index contributed by atoms with van der Waals surface area (Å²) in [5, 5.41) is 10.6. The minimum Gasteiger partial charge on any atom is -0.502 e. The third-order valence-electron chi connectivity index (χ3n) is 8.93. The maximum absolute atomic E-state index is 14.0. The van der Waals surface area contributed by atoms with Crippen LogP contribution in [-0.4, -0.2) is 64.7 Å². The molecule has 41 heavy (non-hydrogen) atoms. The molecule has 12 heteroatoms. The number of nitrogens with zero attached hydrogens (tertiary/aromatic N) is 2. The van der Waals surface area contributed by atoms with Gasteiger partial charge in [0.25, 0.3) is 11.8 Å². The van der Waals surface area contributed by atoms with Gasteiger partial charge in [0.1, 0.15) is 0 Å². The van der Waals surface area contributed by atoms with Crippen molar-refractivity contribution in [3.63, 3.8) is 0 Å². The molecular weight excluding hydrogens is 686 g/mol. The van der Waals surface area contributed by atoms with E-state index in [1.807, 2.05) is 18.2 Å². The molecule has 214 valence electrons. The zero-order valence-electron chi connectivity index (χ0n) is 22.2. The average molecular weight is 711 g/mol. The molecule has 0 radical (unpaired) electrons. The second-order valence-corrected chi connectivity index (χ2v) is 13.2. The molecule has 2 saturated heterocycles. The van der Waals surface area contributed by atoms with Crippen LogP contribution >= 0.6 is 45.8 Å². The Balaban J connectivity index is 1.54. The van der Waals surface area contributed by atoms with Crippen LogP contribution < -0.4 is 14.4 Å². The van der Waals surface area contributed by atoms with Gasteiger partial charge in [-0.25, -0.2) is 0 Å². The number of halogens is 3. The van der Waals surface area contributed by atoms with E-state index in [0.29, 0.717) is 16.8 Å². The normalized spacial score (nSPS) is 32.5. The van der Waals surface area contributed by atoms with Gasteiger partial charge in [0.05, 0.1) is 31.7 Å². The molecule has 6 rings (SSSR count). The van der Waals surface area contributed by atoms with Gasteiger partial charge in [0.15, 0.2) is 21.2 Å². The van der Waals surface area contributed by atoms with E-state index in [9.17, 15) is 24.3 Å². The van der Waals surface area contributed by atoms with E-state index < -0.39 is 45.2 Å². The van der Waals surface area contributed by atoms with Crippen LogP contribution in [0, 0.1) is 21.3 Å². The first-order chi connectivity index (χ1) is 19.4. The molecule has 9 nitrogen and oxygen atoms in total. The summed E-state index contributed by atoms with van der Waals surface area (Å²) in [6.45, 7) is 0. The summed E-state index contributed by atoms with van der Waals surface area (Å²) in [5.74, 6) is -5.30. The number of ether oxygens (including phenoxy) is 2. The molecule has 0 aromatic heterocycles. The van der Waals surface area contributed by atoms with Crippen LogP contribution in [0.1, 0.15) is 24.3 Å². The molecule has 4 aliphatic rings. The lowest BCUT2D eigenvalue weighted by Gasteiger charge is -2.50. The number of hydrogen-bond donors (Lipinski definition) is 1. The molecular formula is C29H25Cl2IN2O7. The molecule has 2 aliphatic carbocycles. The zero-order valence-corrected chi connectivity index (χ0v) is 25.9. The quantitative estimate of drug-likeness (QED) is 0.219. The minimum atomic E-state index is -1.95. The van der Waals surface area contributed by atoms with E-state index in [4.69, 9.17) is 32.7 Å². The van der Waals surface area contributed by atoms with Crippen molar-refractivity contribution in [1.29, 1.82) is 0 Å². The Labute approximate surface area is 259 Å². The Morgan fingerprint density at radius 2 is 1.56 bits per heavy atom. The van der Waals surface area contributed by atoms with Crippen LogP contribution in [-0.2, 0) is 19.2 Å². The van der Waals surface area contributed by atoms with Gasteiger partial charge in [-0.3, -0.25) is 29.0 Å². The molecule has 2 heterocycles. The molecule has 6 atom stereocenters. The number of phenols is 1. The highest BCUT2D eigenvalue weighted by atomic mass is 127. The SMILES string of the molecule is COc1cc([C@H]2C3=CC[C@@H]4C(=O)N(c5ccc(I)cc5)C(=O)[C@@H]4[C@@H]3C[C@@]3(Cl)C(=O)N(C)C(=O)[C@@]23Cl)cc(OC)c1O. The highest BCUT2D eigenvalue weighted by Crippen LogP contribution is 2.66. The predicted octanol–water partition coefficient (Wildman–Crippen LogP) is 4.21. The fraction of sp³-hybridized carbons (Fsp3) is 0.379. The van der Waals surface area contributed by atoms with E-state index >= 15 is 0 Å². The number of fused-ring (bicyclic) bond motifs is 4. The van der Waals surface area contributed by atoms with Gasteiger partial charge in [0.2, 0.25) is 17.6 Å². The molecule has 1 saturated carbocycles. The number of carbonyl (C=O) groups excluding carboxylic acids is 4. The van der Waals surface area contributed by atoms with Crippen molar-refractivity contribution >= 4 is 75.1 Å². The van der Waals surface area contributed by atoms with Gasteiger partial charge >= 0.3 is 0 Å². The van der Waals surface area contributed by atoms with Crippen molar-refractivity contribution in [2.45, 2.75) is 28.5 Å². The number of hydrogen-bond acceptors (Lipinski definition) is 7. The van der Waals surface area contributed by atoms with Crippen LogP contribution in [0.25, 0.3) is 0 Å². The lowest BCUT2D eigenvalue weighted by Crippen LogP contribution is -2.60. The first-order valence-corrected chi connectivity index (χ1v) is 14.7. The number of benzene rings is 2. The van der Waals surface area contributed by atoms with Crippen molar-refractivity contribution in [2.75, 3.05) is 26.2 Å². The Kier molecular flexibility index (Phi) is 6.63. The van der Waals surface area contributed by atoms with E-state index in [2.05, 4.69) is 22.6 Å². The minimum absolute atomic E-state index is 0.0679. The summed E-state index contributed by atoms with van der Waals surface area (Å²) in [5.41, 5.74) is 1.51. The molecule has 1 N–H and O–H groups in total. The number of phenolic OH excluding ortho intramolecular Hbond substituents is 1. The van der Waals surface area contributed by atoms with Crippen LogP contribution in [0.15, 0.2) is 48.0 Å². The highest BCUT2D eigenvalue weighted by molar-refractivity contribution is 14.1. The summed E-state index contributed by atoms with van der Waals surface area (Å²) < 4.78 is 11.7. The number of likely N-dealkylation sites (tertiary alicyclic amines) is 1. The molecule has 0 spiro atoms. The number of amides is 4. The number of aromatic hydroxyl groups is 1. The maximum Gasteiger partial charge on any atom is 0.253 e. The second kappa shape index (κ2) is 9.60. The number of imide groups is 2. The van der Waals surface area contributed by atoms with Crippen molar-refractivity contribution in [3.8, 4) is 17.2 Å². The lowest BCUT2D eigenvalue weighted by atomic mass is 9.56. The Morgan fingerprint density at radius 3 is 2.15 bits per heavy atom. The molecule has 0 unspecified atom stereocenters. The van der Waals surface area contributed by atoms with Gasteiger partial charge in [-0.1, -0.05) is 11.6 Å². The number of anilines is 1. The fourth-order valence-corrected chi connectivity index (χ4v) is 8.42. The van der Waals surface area contributed by atoms with E-state index in [1.165, 1.54) is 38.3 Å².